The summed E-state index contributed by atoms with van der Waals surface area (Å²) in [7, 11) is 1.37. The van der Waals surface area contributed by atoms with Crippen molar-refractivity contribution >= 4 is 5.97 Å². The van der Waals surface area contributed by atoms with Gasteiger partial charge in [-0.3, -0.25) is 0 Å². The molecule has 0 aliphatic rings. The molecule has 0 bridgehead atoms. The number of carbonyl (C=O) groups is 1. The summed E-state index contributed by atoms with van der Waals surface area (Å²) in [5.41, 5.74) is -1.86. The van der Waals surface area contributed by atoms with Crippen molar-refractivity contribution in [3.05, 3.63) is 35.1 Å². The van der Waals surface area contributed by atoms with Crippen molar-refractivity contribution < 1.29 is 31.8 Å². The molecule has 1 unspecified atom stereocenters. The normalized spacial score (nSPS) is 13.2. The van der Waals surface area contributed by atoms with Gasteiger partial charge in [0.2, 0.25) is 0 Å². The molecule has 0 aliphatic carbocycles. The largest absolute Gasteiger partial charge is 0.457 e. The van der Waals surface area contributed by atoms with Crippen LogP contribution in [0.15, 0.2) is 18.2 Å². The molecule has 0 radical (unpaired) electrons. The molecule has 0 saturated carbocycles. The number of esters is 1. The van der Waals surface area contributed by atoms with E-state index in [1.165, 1.54) is 14.0 Å². The number of rotatable bonds is 4. The van der Waals surface area contributed by atoms with E-state index in [4.69, 9.17) is 9.47 Å². The van der Waals surface area contributed by atoms with Crippen molar-refractivity contribution in [2.75, 3.05) is 13.7 Å². The van der Waals surface area contributed by atoms with Crippen molar-refractivity contribution in [3.63, 3.8) is 0 Å². The minimum atomic E-state index is -4.65. The third-order valence-corrected chi connectivity index (χ3v) is 2.22. The second kappa shape index (κ2) is 6.01. The summed E-state index contributed by atoms with van der Waals surface area (Å²) < 4.78 is 60.2. The second-order valence-electron chi connectivity index (χ2n) is 3.86. The Morgan fingerprint density at radius 2 is 2.00 bits per heavy atom. The Balaban J connectivity index is 2.96. The first-order chi connectivity index (χ1) is 8.75. The van der Waals surface area contributed by atoms with E-state index in [0.29, 0.717) is 18.2 Å². The number of carbonyl (C=O) groups excluding carboxylic acids is 1. The lowest BCUT2D eigenvalue weighted by Gasteiger charge is -2.13. The van der Waals surface area contributed by atoms with E-state index >= 15 is 0 Å². The highest BCUT2D eigenvalue weighted by atomic mass is 19.4. The van der Waals surface area contributed by atoms with Crippen LogP contribution in [0.3, 0.4) is 0 Å². The quantitative estimate of drug-likeness (QED) is 0.628. The predicted octanol–water partition coefficient (Wildman–Crippen LogP) is 3.04. The third kappa shape index (κ3) is 4.20. The molecule has 0 spiro atoms. The first-order valence-corrected chi connectivity index (χ1v) is 5.32. The number of benzene rings is 1. The zero-order chi connectivity index (χ0) is 14.6. The summed E-state index contributed by atoms with van der Waals surface area (Å²) in [6.07, 6.45) is -5.34. The van der Waals surface area contributed by atoms with Crippen LogP contribution >= 0.6 is 0 Å². The average molecular weight is 280 g/mol. The highest BCUT2D eigenvalue weighted by molar-refractivity contribution is 5.90. The third-order valence-electron chi connectivity index (χ3n) is 2.22. The van der Waals surface area contributed by atoms with Gasteiger partial charge in [-0.2, -0.15) is 13.2 Å². The monoisotopic (exact) mass is 280 g/mol. The fourth-order valence-electron chi connectivity index (χ4n) is 1.37. The number of hydrogen-bond acceptors (Lipinski definition) is 3. The molecule has 0 aromatic heterocycles. The Kier molecular flexibility index (Phi) is 4.88. The van der Waals surface area contributed by atoms with Crippen LogP contribution in [0, 0.1) is 5.82 Å². The van der Waals surface area contributed by atoms with E-state index in [9.17, 15) is 22.4 Å². The van der Waals surface area contributed by atoms with E-state index in [2.05, 4.69) is 0 Å². The lowest BCUT2D eigenvalue weighted by molar-refractivity contribution is -0.137. The van der Waals surface area contributed by atoms with Crippen molar-refractivity contribution in [1.82, 2.24) is 0 Å². The lowest BCUT2D eigenvalue weighted by atomic mass is 10.1. The number of hydrogen-bond donors (Lipinski definition) is 0. The summed E-state index contributed by atoms with van der Waals surface area (Å²) in [4.78, 5) is 11.5. The van der Waals surface area contributed by atoms with Crippen molar-refractivity contribution in [2.24, 2.45) is 0 Å². The van der Waals surface area contributed by atoms with Gasteiger partial charge in [-0.1, -0.05) is 0 Å². The van der Waals surface area contributed by atoms with Gasteiger partial charge in [-0.05, 0) is 25.1 Å². The number of ether oxygens (including phenoxy) is 2. The molecule has 19 heavy (non-hydrogen) atoms. The maximum Gasteiger partial charge on any atom is 0.416 e. The number of methoxy groups -OCH3 is 1. The van der Waals surface area contributed by atoms with Gasteiger partial charge in [0, 0.05) is 7.11 Å². The average Bonchev–Trinajstić information content (AvgIpc) is 2.27. The molecule has 106 valence electrons. The topological polar surface area (TPSA) is 35.5 Å². The Labute approximate surface area is 107 Å². The SMILES string of the molecule is COCC(C)OC(=O)c1cc(C(F)(F)F)ccc1F. The van der Waals surface area contributed by atoms with E-state index in [0.717, 1.165) is 0 Å². The van der Waals surface area contributed by atoms with Crippen LogP contribution in [0.1, 0.15) is 22.8 Å². The van der Waals surface area contributed by atoms with Gasteiger partial charge in [0.1, 0.15) is 11.9 Å². The molecule has 0 saturated heterocycles. The molecule has 1 aromatic carbocycles. The fourth-order valence-corrected chi connectivity index (χ4v) is 1.37. The Morgan fingerprint density at radius 1 is 1.37 bits per heavy atom. The van der Waals surface area contributed by atoms with Gasteiger partial charge in [0.15, 0.2) is 0 Å². The van der Waals surface area contributed by atoms with Crippen molar-refractivity contribution in [1.29, 1.82) is 0 Å². The van der Waals surface area contributed by atoms with Crippen LogP contribution in [-0.2, 0) is 15.7 Å². The molecule has 0 heterocycles. The fraction of sp³-hybridized carbons (Fsp3) is 0.417. The number of halogens is 4. The van der Waals surface area contributed by atoms with E-state index in [1.54, 1.807) is 0 Å². The minimum Gasteiger partial charge on any atom is -0.457 e. The highest BCUT2D eigenvalue weighted by Gasteiger charge is 2.32. The lowest BCUT2D eigenvalue weighted by Crippen LogP contribution is -2.21. The van der Waals surface area contributed by atoms with Crippen molar-refractivity contribution in [2.45, 2.75) is 19.2 Å². The summed E-state index contributed by atoms with van der Waals surface area (Å²) in [5.74, 6) is -2.23. The van der Waals surface area contributed by atoms with Gasteiger partial charge in [0.05, 0.1) is 17.7 Å². The molecular weight excluding hydrogens is 268 g/mol. The van der Waals surface area contributed by atoms with Crippen LogP contribution in [0.2, 0.25) is 0 Å². The van der Waals surface area contributed by atoms with E-state index in [1.807, 2.05) is 0 Å². The van der Waals surface area contributed by atoms with Gasteiger partial charge in [-0.25, -0.2) is 9.18 Å². The first-order valence-electron chi connectivity index (χ1n) is 5.32. The van der Waals surface area contributed by atoms with Crippen LogP contribution in [0.5, 0.6) is 0 Å². The van der Waals surface area contributed by atoms with Crippen LogP contribution in [0.25, 0.3) is 0 Å². The molecule has 0 N–H and O–H groups in total. The Bertz CT molecular complexity index is 457. The molecule has 0 fully saturated rings. The van der Waals surface area contributed by atoms with Crippen LogP contribution in [-0.4, -0.2) is 25.8 Å². The summed E-state index contributed by atoms with van der Waals surface area (Å²) in [6, 6.07) is 1.57. The van der Waals surface area contributed by atoms with E-state index < -0.39 is 35.2 Å². The highest BCUT2D eigenvalue weighted by Crippen LogP contribution is 2.30. The molecule has 3 nitrogen and oxygen atoms in total. The molecule has 1 aromatic rings. The molecule has 7 heteroatoms. The van der Waals surface area contributed by atoms with Gasteiger partial charge in [0.25, 0.3) is 0 Å². The molecule has 0 amide bonds. The smallest absolute Gasteiger partial charge is 0.416 e. The summed E-state index contributed by atoms with van der Waals surface area (Å²) >= 11 is 0. The molecule has 0 aliphatic heterocycles. The standard InChI is InChI=1S/C12H12F4O3/c1-7(6-18-2)19-11(17)9-5-8(12(14,15)16)3-4-10(9)13/h3-5,7H,6H2,1-2H3. The van der Waals surface area contributed by atoms with Gasteiger partial charge in [-0.15, -0.1) is 0 Å². The Hall–Kier alpha value is -1.63. The van der Waals surface area contributed by atoms with Gasteiger partial charge >= 0.3 is 12.1 Å². The van der Waals surface area contributed by atoms with Crippen LogP contribution < -0.4 is 0 Å². The summed E-state index contributed by atoms with van der Waals surface area (Å²) in [6.45, 7) is 1.54. The molecule has 1 rings (SSSR count). The first kappa shape index (κ1) is 15.4. The van der Waals surface area contributed by atoms with Gasteiger partial charge < -0.3 is 9.47 Å². The van der Waals surface area contributed by atoms with E-state index in [-0.39, 0.29) is 6.61 Å². The zero-order valence-corrected chi connectivity index (χ0v) is 10.3. The molecule has 1 atom stereocenters. The zero-order valence-electron chi connectivity index (χ0n) is 10.3. The summed E-state index contributed by atoms with van der Waals surface area (Å²) in [5, 5.41) is 0. The maximum atomic E-state index is 13.3. The predicted molar refractivity (Wildman–Crippen MR) is 58.2 cm³/mol. The Morgan fingerprint density at radius 3 is 2.53 bits per heavy atom. The number of alkyl halides is 3. The second-order valence-corrected chi connectivity index (χ2v) is 3.86. The minimum absolute atomic E-state index is 0.0618. The van der Waals surface area contributed by atoms with Crippen molar-refractivity contribution in [3.8, 4) is 0 Å². The van der Waals surface area contributed by atoms with Crippen LogP contribution in [0.4, 0.5) is 17.6 Å². The molecular formula is C12H12F4O3. The maximum absolute atomic E-state index is 13.3.